The van der Waals surface area contributed by atoms with Gasteiger partial charge in [-0.1, -0.05) is 0 Å². The molecule has 1 heterocycles. The Morgan fingerprint density at radius 2 is 2.11 bits per heavy atom. The largest absolute Gasteiger partial charge is 0.494 e. The Morgan fingerprint density at radius 3 is 2.61 bits per heavy atom. The molecule has 0 aliphatic carbocycles. The van der Waals surface area contributed by atoms with Crippen molar-refractivity contribution < 1.29 is 13.9 Å². The highest BCUT2D eigenvalue weighted by Gasteiger charge is 2.12. The van der Waals surface area contributed by atoms with Gasteiger partial charge in [-0.3, -0.25) is 9.48 Å². The van der Waals surface area contributed by atoms with Crippen LogP contribution in [0.5, 0.6) is 5.75 Å². The predicted molar refractivity (Wildman–Crippen MR) is 65.2 cm³/mol. The lowest BCUT2D eigenvalue weighted by Gasteiger charge is -2.05. The van der Waals surface area contributed by atoms with Gasteiger partial charge in [-0.25, -0.2) is 4.39 Å². The summed E-state index contributed by atoms with van der Waals surface area (Å²) in [6, 6.07) is 6.28. The second-order valence-corrected chi connectivity index (χ2v) is 3.94. The molecule has 18 heavy (non-hydrogen) atoms. The van der Waals surface area contributed by atoms with Crippen molar-refractivity contribution in [2.45, 2.75) is 6.92 Å². The van der Waals surface area contributed by atoms with Crippen LogP contribution in [0.1, 0.15) is 17.4 Å². The molecule has 0 atom stereocenters. The number of carbonyl (C=O) groups is 1. The number of rotatable bonds is 3. The number of ether oxygens (including phenoxy) is 1. The van der Waals surface area contributed by atoms with Crippen LogP contribution in [-0.4, -0.2) is 22.7 Å². The number of nitrogens with zero attached hydrogens (tertiary/aromatic N) is 2. The van der Waals surface area contributed by atoms with E-state index in [1.165, 1.54) is 20.1 Å². The fraction of sp³-hybridized carbons (Fsp3) is 0.231. The van der Waals surface area contributed by atoms with Gasteiger partial charge >= 0.3 is 0 Å². The molecule has 0 radical (unpaired) electrons. The number of halogens is 1. The first kappa shape index (κ1) is 12.3. The lowest BCUT2D eigenvalue weighted by molar-refractivity contribution is 0.101. The second-order valence-electron chi connectivity index (χ2n) is 3.94. The van der Waals surface area contributed by atoms with Gasteiger partial charge in [0, 0.05) is 19.5 Å². The van der Waals surface area contributed by atoms with Gasteiger partial charge in [0.2, 0.25) is 0 Å². The Morgan fingerprint density at radius 1 is 1.39 bits per heavy atom. The zero-order valence-corrected chi connectivity index (χ0v) is 10.4. The number of carbonyl (C=O) groups excluding carboxylic acids is 1. The Bertz CT molecular complexity index is 605. The molecule has 0 N–H and O–H groups in total. The third-order valence-corrected chi connectivity index (χ3v) is 2.69. The summed E-state index contributed by atoms with van der Waals surface area (Å²) in [5.74, 6) is -0.376. The summed E-state index contributed by atoms with van der Waals surface area (Å²) >= 11 is 0. The zero-order chi connectivity index (χ0) is 13.3. The third-order valence-electron chi connectivity index (χ3n) is 2.69. The first-order valence-corrected chi connectivity index (χ1v) is 5.42. The fourth-order valence-corrected chi connectivity index (χ4v) is 1.74. The number of methoxy groups -OCH3 is 1. The number of Topliss-reactive ketones (excluding diaryl/α,β-unsaturated/α-hetero) is 1. The van der Waals surface area contributed by atoms with Crippen molar-refractivity contribution >= 4 is 5.78 Å². The zero-order valence-electron chi connectivity index (χ0n) is 10.4. The van der Waals surface area contributed by atoms with Crippen molar-refractivity contribution in [3.05, 3.63) is 35.8 Å². The molecule has 0 saturated carbocycles. The predicted octanol–water partition coefficient (Wildman–Crippen LogP) is 2.44. The van der Waals surface area contributed by atoms with E-state index in [0.717, 1.165) is 0 Å². The van der Waals surface area contributed by atoms with Crippen LogP contribution in [0.2, 0.25) is 0 Å². The van der Waals surface area contributed by atoms with Crippen LogP contribution in [0.4, 0.5) is 4.39 Å². The highest BCUT2D eigenvalue weighted by molar-refractivity contribution is 5.93. The van der Waals surface area contributed by atoms with Gasteiger partial charge in [0.25, 0.3) is 0 Å². The summed E-state index contributed by atoms with van der Waals surface area (Å²) in [6.45, 7) is 1.45. The molecule has 0 spiro atoms. The Labute approximate surface area is 104 Å². The number of aryl methyl sites for hydroxylation is 1. The minimum absolute atomic E-state index is 0.120. The fourth-order valence-electron chi connectivity index (χ4n) is 1.74. The highest BCUT2D eigenvalue weighted by atomic mass is 19.1. The van der Waals surface area contributed by atoms with E-state index in [4.69, 9.17) is 4.74 Å². The maximum Gasteiger partial charge on any atom is 0.180 e. The van der Waals surface area contributed by atoms with Crippen LogP contribution in [0.3, 0.4) is 0 Å². The van der Waals surface area contributed by atoms with E-state index < -0.39 is 5.82 Å². The molecule has 2 rings (SSSR count). The molecule has 0 bridgehead atoms. The average molecular weight is 248 g/mol. The van der Waals surface area contributed by atoms with E-state index >= 15 is 0 Å². The first-order chi connectivity index (χ1) is 8.52. The van der Waals surface area contributed by atoms with Gasteiger partial charge in [-0.15, -0.1) is 0 Å². The smallest absolute Gasteiger partial charge is 0.180 e. The van der Waals surface area contributed by atoms with Crippen molar-refractivity contribution in [2.24, 2.45) is 7.05 Å². The van der Waals surface area contributed by atoms with Gasteiger partial charge in [0.1, 0.15) is 5.69 Å². The summed E-state index contributed by atoms with van der Waals surface area (Å²) in [7, 11) is 3.12. The molecule has 1 aromatic carbocycles. The molecular weight excluding hydrogens is 235 g/mol. The highest BCUT2D eigenvalue weighted by Crippen LogP contribution is 2.25. The molecule has 0 aliphatic rings. The molecule has 0 aliphatic heterocycles. The molecule has 0 fully saturated rings. The number of hydrogen-bond acceptors (Lipinski definition) is 3. The molecule has 0 unspecified atom stereocenters. The normalized spacial score (nSPS) is 10.4. The van der Waals surface area contributed by atoms with E-state index in [2.05, 4.69) is 5.10 Å². The summed E-state index contributed by atoms with van der Waals surface area (Å²) in [5, 5.41) is 4.07. The monoisotopic (exact) mass is 248 g/mol. The summed E-state index contributed by atoms with van der Waals surface area (Å²) in [5.41, 5.74) is 1.70. The summed E-state index contributed by atoms with van der Waals surface area (Å²) in [6.07, 6.45) is 0. The van der Waals surface area contributed by atoms with Crippen LogP contribution in [0, 0.1) is 5.82 Å². The van der Waals surface area contributed by atoms with Crippen molar-refractivity contribution in [3.8, 4) is 17.0 Å². The summed E-state index contributed by atoms with van der Waals surface area (Å²) in [4.78, 5) is 11.2. The van der Waals surface area contributed by atoms with Gasteiger partial charge < -0.3 is 4.74 Å². The van der Waals surface area contributed by atoms with Gasteiger partial charge in [0.05, 0.1) is 12.8 Å². The maximum atomic E-state index is 13.6. The Kier molecular flexibility index (Phi) is 3.14. The van der Waals surface area contributed by atoms with E-state index in [-0.39, 0.29) is 11.5 Å². The second kappa shape index (κ2) is 4.60. The molecule has 0 saturated heterocycles. The quantitative estimate of drug-likeness (QED) is 0.783. The van der Waals surface area contributed by atoms with Crippen molar-refractivity contribution in [3.63, 3.8) is 0 Å². The number of ketones is 1. The lowest BCUT2D eigenvalue weighted by atomic mass is 10.1. The van der Waals surface area contributed by atoms with Gasteiger partial charge in [0.15, 0.2) is 17.3 Å². The van der Waals surface area contributed by atoms with Crippen LogP contribution < -0.4 is 4.74 Å². The van der Waals surface area contributed by atoms with Crippen LogP contribution >= 0.6 is 0 Å². The minimum Gasteiger partial charge on any atom is -0.494 e. The van der Waals surface area contributed by atoms with Crippen molar-refractivity contribution in [2.75, 3.05) is 7.11 Å². The van der Waals surface area contributed by atoms with Gasteiger partial charge in [-0.05, 0) is 24.3 Å². The molecular formula is C13H13FN2O2. The topological polar surface area (TPSA) is 44.1 Å². The Balaban J connectivity index is 2.48. The van der Waals surface area contributed by atoms with E-state index in [1.807, 2.05) is 0 Å². The van der Waals surface area contributed by atoms with Crippen molar-refractivity contribution in [1.29, 1.82) is 0 Å². The van der Waals surface area contributed by atoms with E-state index in [9.17, 15) is 9.18 Å². The van der Waals surface area contributed by atoms with Crippen molar-refractivity contribution in [1.82, 2.24) is 9.78 Å². The molecule has 1 aromatic heterocycles. The molecule has 2 aromatic rings. The van der Waals surface area contributed by atoms with Crippen LogP contribution in [0.15, 0.2) is 24.3 Å². The summed E-state index contributed by atoms with van der Waals surface area (Å²) < 4.78 is 20.0. The lowest BCUT2D eigenvalue weighted by Crippen LogP contribution is -1.97. The maximum absolute atomic E-state index is 13.6. The van der Waals surface area contributed by atoms with Gasteiger partial charge in [-0.2, -0.15) is 5.10 Å². The van der Waals surface area contributed by atoms with Crippen LogP contribution in [-0.2, 0) is 7.05 Å². The number of aromatic nitrogens is 2. The molecule has 94 valence electrons. The SMILES string of the molecule is COc1ccc(-c2cc(C(C)=O)nn2C)cc1F. The van der Waals surface area contributed by atoms with E-state index in [0.29, 0.717) is 17.0 Å². The molecule has 0 amide bonds. The average Bonchev–Trinajstić information content (AvgIpc) is 2.71. The number of hydrogen-bond donors (Lipinski definition) is 0. The standard InChI is InChI=1S/C13H13FN2O2/c1-8(17)11-7-12(16(2)15-11)9-4-5-13(18-3)10(14)6-9/h4-7H,1-3H3. The molecule has 5 heteroatoms. The van der Waals surface area contributed by atoms with E-state index in [1.54, 1.807) is 29.9 Å². The third kappa shape index (κ3) is 2.11. The molecule has 4 nitrogen and oxygen atoms in total. The number of benzene rings is 1. The van der Waals surface area contributed by atoms with Crippen LogP contribution in [0.25, 0.3) is 11.3 Å². The Hall–Kier alpha value is -2.17. The minimum atomic E-state index is -0.444. The first-order valence-electron chi connectivity index (χ1n) is 5.42.